The molecular formula is C14H21N3O3. The summed E-state index contributed by atoms with van der Waals surface area (Å²) in [6, 6.07) is 6.79. The average molecular weight is 279 g/mol. The summed E-state index contributed by atoms with van der Waals surface area (Å²) in [6.07, 6.45) is -0.358. The molecule has 3 N–H and O–H groups in total. The van der Waals surface area contributed by atoms with Crippen LogP contribution in [-0.4, -0.2) is 49.1 Å². The van der Waals surface area contributed by atoms with E-state index in [1.165, 1.54) is 4.90 Å². The van der Waals surface area contributed by atoms with E-state index in [2.05, 4.69) is 0 Å². The predicted octanol–water partition coefficient (Wildman–Crippen LogP) is 0.513. The van der Waals surface area contributed by atoms with Crippen molar-refractivity contribution in [1.82, 2.24) is 4.90 Å². The molecule has 0 saturated carbocycles. The number of hydrogen-bond donors (Lipinski definition) is 2. The number of carboxylic acid groups (broad SMARTS) is 1. The Morgan fingerprint density at radius 1 is 1.20 bits per heavy atom. The van der Waals surface area contributed by atoms with Crippen LogP contribution >= 0.6 is 0 Å². The number of likely N-dealkylation sites (N-methyl/N-ethyl adjacent to an activating group) is 1. The molecule has 0 bridgehead atoms. The van der Waals surface area contributed by atoms with Gasteiger partial charge in [0.05, 0.1) is 12.5 Å². The van der Waals surface area contributed by atoms with Gasteiger partial charge in [0.1, 0.15) is 0 Å². The predicted molar refractivity (Wildman–Crippen MR) is 77.5 cm³/mol. The van der Waals surface area contributed by atoms with E-state index in [9.17, 15) is 9.59 Å². The number of nitrogens with two attached hydrogens (primary N) is 1. The van der Waals surface area contributed by atoms with E-state index in [0.29, 0.717) is 6.54 Å². The van der Waals surface area contributed by atoms with E-state index >= 15 is 0 Å². The zero-order valence-corrected chi connectivity index (χ0v) is 12.0. The van der Waals surface area contributed by atoms with Crippen LogP contribution in [0.4, 0.5) is 5.69 Å². The highest BCUT2D eigenvalue weighted by atomic mass is 16.4. The summed E-state index contributed by atoms with van der Waals surface area (Å²) in [5.74, 6) is -1.45. The molecule has 110 valence electrons. The fraction of sp³-hybridized carbons (Fsp3) is 0.429. The van der Waals surface area contributed by atoms with E-state index in [0.717, 1.165) is 11.3 Å². The lowest BCUT2D eigenvalue weighted by Crippen LogP contribution is -2.42. The third-order valence-corrected chi connectivity index (χ3v) is 2.96. The first-order valence-corrected chi connectivity index (χ1v) is 6.30. The molecule has 0 saturated heterocycles. The maximum Gasteiger partial charge on any atom is 0.305 e. The summed E-state index contributed by atoms with van der Waals surface area (Å²) in [6.45, 7) is 0.403. The molecule has 0 fully saturated rings. The molecule has 0 aliphatic heterocycles. The van der Waals surface area contributed by atoms with Gasteiger partial charge in [0.25, 0.3) is 0 Å². The second-order valence-electron chi connectivity index (χ2n) is 4.96. The van der Waals surface area contributed by atoms with Gasteiger partial charge in [-0.15, -0.1) is 0 Å². The number of hydrogen-bond acceptors (Lipinski definition) is 4. The van der Waals surface area contributed by atoms with Gasteiger partial charge >= 0.3 is 5.97 Å². The first-order valence-electron chi connectivity index (χ1n) is 6.30. The van der Waals surface area contributed by atoms with Gasteiger partial charge in [-0.3, -0.25) is 9.59 Å². The van der Waals surface area contributed by atoms with Crippen molar-refractivity contribution in [2.24, 2.45) is 5.73 Å². The Hall–Kier alpha value is -2.08. The highest BCUT2D eigenvalue weighted by Crippen LogP contribution is 2.13. The van der Waals surface area contributed by atoms with Crippen molar-refractivity contribution < 1.29 is 14.7 Å². The number of carboxylic acids is 1. The first kappa shape index (κ1) is 16.0. The second-order valence-corrected chi connectivity index (χ2v) is 4.96. The smallest absolute Gasteiger partial charge is 0.305 e. The van der Waals surface area contributed by atoms with Crippen LogP contribution in [0, 0.1) is 0 Å². The standard InChI is InChI=1S/C14H21N3O3/c1-16(2)11-6-4-10(5-7-11)9-17(3)14(20)12(15)8-13(18)19/h4-7,12H,8-9,15H2,1-3H3,(H,18,19). The summed E-state index contributed by atoms with van der Waals surface area (Å²) in [7, 11) is 5.52. The zero-order chi connectivity index (χ0) is 15.3. The molecule has 0 radical (unpaired) electrons. The van der Waals surface area contributed by atoms with Crippen LogP contribution in [0.25, 0.3) is 0 Å². The second kappa shape index (κ2) is 6.91. The van der Waals surface area contributed by atoms with Crippen molar-refractivity contribution >= 4 is 17.6 Å². The Kier molecular flexibility index (Phi) is 5.52. The number of carbonyl (C=O) groups is 2. The van der Waals surface area contributed by atoms with Crippen LogP contribution < -0.4 is 10.6 Å². The fourth-order valence-electron chi connectivity index (χ4n) is 1.81. The van der Waals surface area contributed by atoms with E-state index < -0.39 is 12.0 Å². The molecule has 1 rings (SSSR count). The topological polar surface area (TPSA) is 86.9 Å². The monoisotopic (exact) mass is 279 g/mol. The number of aliphatic carboxylic acids is 1. The summed E-state index contributed by atoms with van der Waals surface area (Å²) < 4.78 is 0. The van der Waals surface area contributed by atoms with Crippen LogP contribution in [0.15, 0.2) is 24.3 Å². The molecule has 0 aromatic heterocycles. The summed E-state index contributed by atoms with van der Waals surface area (Å²) in [4.78, 5) is 25.9. The first-order chi connectivity index (χ1) is 9.31. The molecule has 0 heterocycles. The summed E-state index contributed by atoms with van der Waals surface area (Å²) >= 11 is 0. The van der Waals surface area contributed by atoms with Crippen LogP contribution in [-0.2, 0) is 16.1 Å². The number of rotatable bonds is 6. The molecule has 1 aromatic carbocycles. The van der Waals surface area contributed by atoms with Gasteiger partial charge in [-0.1, -0.05) is 12.1 Å². The van der Waals surface area contributed by atoms with Crippen molar-refractivity contribution in [2.75, 3.05) is 26.0 Å². The molecule has 6 heteroatoms. The summed E-state index contributed by atoms with van der Waals surface area (Å²) in [5.41, 5.74) is 7.60. The molecular weight excluding hydrogens is 258 g/mol. The molecule has 6 nitrogen and oxygen atoms in total. The van der Waals surface area contributed by atoms with Crippen LogP contribution in [0.2, 0.25) is 0 Å². The minimum absolute atomic E-state index is 0.358. The van der Waals surface area contributed by atoms with Crippen LogP contribution in [0.3, 0.4) is 0 Å². The van der Waals surface area contributed by atoms with Crippen molar-refractivity contribution in [3.63, 3.8) is 0 Å². The van der Waals surface area contributed by atoms with E-state index in [4.69, 9.17) is 10.8 Å². The van der Waals surface area contributed by atoms with Gasteiger partial charge < -0.3 is 20.6 Å². The zero-order valence-electron chi connectivity index (χ0n) is 12.0. The fourth-order valence-corrected chi connectivity index (χ4v) is 1.81. The summed E-state index contributed by atoms with van der Waals surface area (Å²) in [5, 5.41) is 8.63. The molecule has 0 aliphatic carbocycles. The SMILES string of the molecule is CN(Cc1ccc(N(C)C)cc1)C(=O)C(N)CC(=O)O. The van der Waals surface area contributed by atoms with Crippen molar-refractivity contribution in [2.45, 2.75) is 19.0 Å². The Bertz CT molecular complexity index is 471. The lowest BCUT2D eigenvalue weighted by Gasteiger charge is -2.21. The van der Waals surface area contributed by atoms with E-state index in [-0.39, 0.29) is 12.3 Å². The normalized spacial score (nSPS) is 11.8. The highest BCUT2D eigenvalue weighted by molar-refractivity contribution is 5.85. The molecule has 1 aromatic rings. The van der Waals surface area contributed by atoms with Crippen molar-refractivity contribution in [3.8, 4) is 0 Å². The van der Waals surface area contributed by atoms with Gasteiger partial charge in [0, 0.05) is 33.4 Å². The van der Waals surface area contributed by atoms with Gasteiger partial charge in [-0.25, -0.2) is 0 Å². The lowest BCUT2D eigenvalue weighted by atomic mass is 10.1. The number of amides is 1. The maximum atomic E-state index is 11.9. The largest absolute Gasteiger partial charge is 0.481 e. The quantitative estimate of drug-likeness (QED) is 0.792. The Labute approximate surface area is 118 Å². The van der Waals surface area contributed by atoms with Gasteiger partial charge in [0.15, 0.2) is 0 Å². The third kappa shape index (κ3) is 4.55. The van der Waals surface area contributed by atoms with Gasteiger partial charge in [-0.05, 0) is 17.7 Å². The molecule has 1 unspecified atom stereocenters. The van der Waals surface area contributed by atoms with Gasteiger partial charge in [-0.2, -0.15) is 0 Å². The van der Waals surface area contributed by atoms with Crippen molar-refractivity contribution in [1.29, 1.82) is 0 Å². The maximum absolute atomic E-state index is 11.9. The molecule has 0 spiro atoms. The third-order valence-electron chi connectivity index (χ3n) is 2.96. The molecule has 0 aliphatic rings. The van der Waals surface area contributed by atoms with Gasteiger partial charge in [0.2, 0.25) is 5.91 Å². The Morgan fingerprint density at radius 3 is 2.20 bits per heavy atom. The molecule has 20 heavy (non-hydrogen) atoms. The van der Waals surface area contributed by atoms with E-state index in [1.807, 2.05) is 43.3 Å². The Balaban J connectivity index is 2.63. The minimum Gasteiger partial charge on any atom is -0.481 e. The number of anilines is 1. The number of benzene rings is 1. The molecule has 1 amide bonds. The number of carbonyl (C=O) groups excluding carboxylic acids is 1. The average Bonchev–Trinajstić information content (AvgIpc) is 2.37. The van der Waals surface area contributed by atoms with E-state index in [1.54, 1.807) is 7.05 Å². The highest BCUT2D eigenvalue weighted by Gasteiger charge is 2.20. The minimum atomic E-state index is -1.07. The molecule has 1 atom stereocenters. The Morgan fingerprint density at radius 2 is 1.75 bits per heavy atom. The van der Waals surface area contributed by atoms with Crippen LogP contribution in [0.5, 0.6) is 0 Å². The van der Waals surface area contributed by atoms with Crippen LogP contribution in [0.1, 0.15) is 12.0 Å². The lowest BCUT2D eigenvalue weighted by molar-refractivity contribution is -0.141. The van der Waals surface area contributed by atoms with Crippen molar-refractivity contribution in [3.05, 3.63) is 29.8 Å². The number of nitrogens with zero attached hydrogens (tertiary/aromatic N) is 2.